The van der Waals surface area contributed by atoms with E-state index in [1.54, 1.807) is 48.5 Å². The highest BCUT2D eigenvalue weighted by Crippen LogP contribution is 2.35. The fourth-order valence-corrected chi connectivity index (χ4v) is 4.41. The number of hydrogen-bond acceptors (Lipinski definition) is 7. The lowest BCUT2D eigenvalue weighted by Gasteiger charge is -2.15. The van der Waals surface area contributed by atoms with E-state index in [0.29, 0.717) is 17.1 Å². The van der Waals surface area contributed by atoms with E-state index >= 15 is 0 Å². The maximum atomic E-state index is 13.0. The molecule has 1 aliphatic heterocycles. The number of carboxylic acid groups (broad SMARTS) is 1. The molecule has 0 spiro atoms. The third kappa shape index (κ3) is 6.30. The molecule has 36 heavy (non-hydrogen) atoms. The van der Waals surface area contributed by atoms with E-state index in [4.69, 9.17) is 5.11 Å². The van der Waals surface area contributed by atoms with Crippen molar-refractivity contribution in [1.29, 1.82) is 0 Å². The van der Waals surface area contributed by atoms with Crippen LogP contribution in [0.2, 0.25) is 0 Å². The summed E-state index contributed by atoms with van der Waals surface area (Å²) in [7, 11) is 0. The molecule has 1 atom stereocenters. The number of anilines is 2. The molecule has 180 valence electrons. The maximum absolute atomic E-state index is 13.0. The molecule has 0 bridgehead atoms. The number of carboxylic acids is 1. The Bertz CT molecular complexity index is 1340. The minimum absolute atomic E-state index is 0.0669. The van der Waals surface area contributed by atoms with E-state index in [0.717, 1.165) is 22.7 Å². The van der Waals surface area contributed by atoms with Gasteiger partial charge in [-0.25, -0.2) is 9.69 Å². The zero-order valence-corrected chi connectivity index (χ0v) is 19.6. The van der Waals surface area contributed by atoms with Gasteiger partial charge in [0.25, 0.3) is 0 Å². The number of amides is 3. The molecule has 1 unspecified atom stereocenters. The number of aliphatic carboxylic acids is 1. The van der Waals surface area contributed by atoms with Gasteiger partial charge < -0.3 is 10.4 Å². The molecule has 0 radical (unpaired) electrons. The van der Waals surface area contributed by atoms with Gasteiger partial charge in [0.15, 0.2) is 0 Å². The number of carbonyl (C=O) groups is 4. The molecule has 1 fully saturated rings. The van der Waals surface area contributed by atoms with Gasteiger partial charge in [-0.1, -0.05) is 18.2 Å². The summed E-state index contributed by atoms with van der Waals surface area (Å²) in [5.74, 6) is -2.38. The lowest BCUT2D eigenvalue weighted by Crippen LogP contribution is -2.30. The highest BCUT2D eigenvalue weighted by molar-refractivity contribution is 8.00. The zero-order chi connectivity index (χ0) is 25.5. The van der Waals surface area contributed by atoms with Gasteiger partial charge in [-0.3, -0.25) is 14.4 Å². The topological polar surface area (TPSA) is 128 Å². The zero-order valence-electron chi connectivity index (χ0n) is 18.8. The van der Waals surface area contributed by atoms with Crippen molar-refractivity contribution in [3.8, 4) is 0 Å². The summed E-state index contributed by atoms with van der Waals surface area (Å²) < 4.78 is 0. The second-order valence-corrected chi connectivity index (χ2v) is 8.89. The predicted octanol–water partition coefficient (Wildman–Crippen LogP) is 5.11. The lowest BCUT2D eigenvalue weighted by molar-refractivity contribution is -0.131. The number of hydrogen-bond donors (Lipinski definition) is 2. The van der Waals surface area contributed by atoms with Crippen LogP contribution < -0.4 is 10.2 Å². The van der Waals surface area contributed by atoms with Crippen LogP contribution in [-0.2, 0) is 19.2 Å². The van der Waals surface area contributed by atoms with Crippen LogP contribution in [0.3, 0.4) is 0 Å². The first-order valence-electron chi connectivity index (χ1n) is 10.8. The highest BCUT2D eigenvalue weighted by atomic mass is 32.2. The lowest BCUT2D eigenvalue weighted by atomic mass is 10.2. The summed E-state index contributed by atoms with van der Waals surface area (Å²) in [4.78, 5) is 49.7. The summed E-state index contributed by atoms with van der Waals surface area (Å²) in [6, 6.07) is 22.7. The van der Waals surface area contributed by atoms with Crippen molar-refractivity contribution in [2.24, 2.45) is 10.2 Å². The molecule has 0 saturated carbocycles. The molecule has 3 aromatic carbocycles. The largest absolute Gasteiger partial charge is 0.478 e. The van der Waals surface area contributed by atoms with E-state index in [1.165, 1.54) is 16.7 Å². The van der Waals surface area contributed by atoms with Crippen LogP contribution in [0.4, 0.5) is 22.7 Å². The Labute approximate surface area is 210 Å². The molecule has 1 saturated heterocycles. The number of imide groups is 1. The fourth-order valence-electron chi connectivity index (χ4n) is 3.36. The van der Waals surface area contributed by atoms with Gasteiger partial charge in [-0.05, 0) is 60.7 Å². The number of thioether (sulfide) groups is 1. The average Bonchev–Trinajstić information content (AvgIpc) is 3.16. The third-order valence-corrected chi connectivity index (χ3v) is 6.22. The molecule has 2 N–H and O–H groups in total. The monoisotopic (exact) mass is 500 g/mol. The van der Waals surface area contributed by atoms with Crippen LogP contribution >= 0.6 is 11.8 Å². The van der Waals surface area contributed by atoms with Crippen LogP contribution in [0.25, 0.3) is 0 Å². The number of carbonyl (C=O) groups excluding carboxylic acids is 3. The molecular formula is C26H20N4O5S. The number of nitrogens with zero attached hydrogens (tertiary/aromatic N) is 3. The van der Waals surface area contributed by atoms with Crippen LogP contribution in [0.1, 0.15) is 6.42 Å². The Morgan fingerprint density at radius 1 is 0.889 bits per heavy atom. The molecule has 9 nitrogen and oxygen atoms in total. The summed E-state index contributed by atoms with van der Waals surface area (Å²) in [5, 5.41) is 18.9. The van der Waals surface area contributed by atoms with Crippen molar-refractivity contribution in [3.05, 3.63) is 91.0 Å². The fraction of sp³-hybridized carbons (Fsp3) is 0.0769. The van der Waals surface area contributed by atoms with Crippen molar-refractivity contribution in [3.63, 3.8) is 0 Å². The minimum atomic E-state index is -1.22. The summed E-state index contributed by atoms with van der Waals surface area (Å²) in [6.45, 7) is 0. The molecular weight excluding hydrogens is 480 g/mol. The second-order valence-electron chi connectivity index (χ2n) is 7.62. The van der Waals surface area contributed by atoms with Gasteiger partial charge in [0.2, 0.25) is 17.7 Å². The van der Waals surface area contributed by atoms with Gasteiger partial charge in [0, 0.05) is 29.2 Å². The van der Waals surface area contributed by atoms with Gasteiger partial charge in [0.1, 0.15) is 0 Å². The third-order valence-electron chi connectivity index (χ3n) is 5.03. The van der Waals surface area contributed by atoms with E-state index in [2.05, 4.69) is 15.5 Å². The highest BCUT2D eigenvalue weighted by Gasteiger charge is 2.40. The summed E-state index contributed by atoms with van der Waals surface area (Å²) in [5.41, 5.74) is 2.26. The average molecular weight is 501 g/mol. The Morgan fingerprint density at radius 3 is 2.17 bits per heavy atom. The molecule has 1 heterocycles. The van der Waals surface area contributed by atoms with Crippen molar-refractivity contribution in [2.45, 2.75) is 16.6 Å². The Morgan fingerprint density at radius 2 is 1.53 bits per heavy atom. The van der Waals surface area contributed by atoms with Crippen molar-refractivity contribution in [1.82, 2.24) is 0 Å². The molecule has 0 aromatic heterocycles. The van der Waals surface area contributed by atoms with E-state index < -0.39 is 17.1 Å². The number of azo groups is 1. The summed E-state index contributed by atoms with van der Waals surface area (Å²) in [6.07, 6.45) is 1.73. The molecule has 3 aromatic rings. The standard InChI is InChI=1S/C26H20N4O5S/c31-23(14-15-25(33)34)27-17-8-12-21(13-9-17)36-22-16-24(32)30(26(22)35)20-10-6-19(7-11-20)29-28-18-4-2-1-3-5-18/h1-15,22H,16H2,(H,27,31)(H,33,34). The van der Waals surface area contributed by atoms with Crippen molar-refractivity contribution < 1.29 is 24.3 Å². The van der Waals surface area contributed by atoms with Crippen LogP contribution in [0.5, 0.6) is 0 Å². The maximum Gasteiger partial charge on any atom is 0.328 e. The first-order chi connectivity index (χ1) is 17.4. The molecule has 3 amide bonds. The Balaban J connectivity index is 1.37. The minimum Gasteiger partial charge on any atom is -0.478 e. The second kappa shape index (κ2) is 11.2. The van der Waals surface area contributed by atoms with Crippen LogP contribution in [0, 0.1) is 0 Å². The molecule has 10 heteroatoms. The van der Waals surface area contributed by atoms with Crippen LogP contribution in [0.15, 0.2) is 106 Å². The normalized spacial score (nSPS) is 15.7. The SMILES string of the molecule is O=C(O)C=CC(=O)Nc1ccc(SC2CC(=O)N(c3ccc(N=Nc4ccccc4)cc3)C2=O)cc1. The van der Waals surface area contributed by atoms with Crippen molar-refractivity contribution in [2.75, 3.05) is 10.2 Å². The predicted molar refractivity (Wildman–Crippen MR) is 136 cm³/mol. The Kier molecular flexibility index (Phi) is 7.66. The first kappa shape index (κ1) is 24.6. The van der Waals surface area contributed by atoms with Gasteiger partial charge in [-0.15, -0.1) is 11.8 Å². The van der Waals surface area contributed by atoms with Gasteiger partial charge in [-0.2, -0.15) is 10.2 Å². The molecule has 4 rings (SSSR count). The number of rotatable bonds is 8. The van der Waals surface area contributed by atoms with Crippen molar-refractivity contribution >= 4 is 58.2 Å². The number of nitrogens with one attached hydrogen (secondary N) is 1. The van der Waals surface area contributed by atoms with E-state index in [-0.39, 0.29) is 18.2 Å². The van der Waals surface area contributed by atoms with E-state index in [1.807, 2.05) is 30.3 Å². The van der Waals surface area contributed by atoms with E-state index in [9.17, 15) is 19.2 Å². The van der Waals surface area contributed by atoms with Crippen LogP contribution in [-0.4, -0.2) is 34.0 Å². The quantitative estimate of drug-likeness (QED) is 0.251. The number of benzene rings is 3. The Hall–Kier alpha value is -4.57. The van der Waals surface area contributed by atoms with Gasteiger partial charge >= 0.3 is 5.97 Å². The van der Waals surface area contributed by atoms with Gasteiger partial charge in [0.05, 0.1) is 22.3 Å². The summed E-state index contributed by atoms with van der Waals surface area (Å²) >= 11 is 1.26. The molecule has 1 aliphatic rings. The first-order valence-corrected chi connectivity index (χ1v) is 11.7. The molecule has 0 aliphatic carbocycles. The smallest absolute Gasteiger partial charge is 0.328 e.